The van der Waals surface area contributed by atoms with Gasteiger partial charge in [0, 0.05) is 25.5 Å². The van der Waals surface area contributed by atoms with Crippen LogP contribution in [-0.2, 0) is 9.53 Å². The highest BCUT2D eigenvalue weighted by Gasteiger charge is 2.19. The normalized spacial score (nSPS) is 16.7. The van der Waals surface area contributed by atoms with Gasteiger partial charge in [0.2, 0.25) is 5.91 Å². The number of rotatable bonds is 5. The Bertz CT molecular complexity index is 573. The molecule has 1 amide bonds. The van der Waals surface area contributed by atoms with Gasteiger partial charge in [-0.15, -0.1) is 0 Å². The smallest absolute Gasteiger partial charge is 0.234 e. The fraction of sp³-hybridized carbons (Fsp3) is 0.333. The Morgan fingerprint density at radius 3 is 2.43 bits per heavy atom. The molecule has 1 aromatic carbocycles. The first-order chi connectivity index (χ1) is 11.3. The van der Waals surface area contributed by atoms with Gasteiger partial charge < -0.3 is 10.1 Å². The average Bonchev–Trinajstić information content (AvgIpc) is 2.62. The van der Waals surface area contributed by atoms with Crippen LogP contribution in [-0.4, -0.2) is 48.6 Å². The standard InChI is InChI=1S/C18H21N3O2/c22-17(14-21-10-12-23-13-11-21)20-18(15-4-2-1-3-5-15)16-6-8-19-9-7-16/h1-9,18H,10-14H2,(H,20,22). The average molecular weight is 311 g/mol. The number of hydrogen-bond donors (Lipinski definition) is 1. The molecule has 1 atom stereocenters. The van der Waals surface area contributed by atoms with Gasteiger partial charge in [0.25, 0.3) is 0 Å². The summed E-state index contributed by atoms with van der Waals surface area (Å²) >= 11 is 0. The molecule has 23 heavy (non-hydrogen) atoms. The number of morpholine rings is 1. The number of benzene rings is 1. The van der Waals surface area contributed by atoms with E-state index in [1.807, 2.05) is 42.5 Å². The molecule has 1 aromatic heterocycles. The summed E-state index contributed by atoms with van der Waals surface area (Å²) in [6, 6.07) is 13.7. The molecule has 0 radical (unpaired) electrons. The molecule has 5 nitrogen and oxygen atoms in total. The second-order valence-electron chi connectivity index (χ2n) is 5.58. The number of aromatic nitrogens is 1. The summed E-state index contributed by atoms with van der Waals surface area (Å²) in [6.07, 6.45) is 3.50. The van der Waals surface area contributed by atoms with Crippen LogP contribution in [0.1, 0.15) is 17.2 Å². The lowest BCUT2D eigenvalue weighted by molar-refractivity contribution is -0.123. The molecular formula is C18H21N3O2. The van der Waals surface area contributed by atoms with Crippen molar-refractivity contribution in [3.8, 4) is 0 Å². The first-order valence-electron chi connectivity index (χ1n) is 7.87. The third-order valence-electron chi connectivity index (χ3n) is 3.95. The number of amides is 1. The quantitative estimate of drug-likeness (QED) is 0.912. The number of pyridine rings is 1. The zero-order valence-corrected chi connectivity index (χ0v) is 13.0. The van der Waals surface area contributed by atoms with E-state index < -0.39 is 0 Å². The van der Waals surface area contributed by atoms with Crippen molar-refractivity contribution in [3.05, 3.63) is 66.0 Å². The van der Waals surface area contributed by atoms with Crippen molar-refractivity contribution >= 4 is 5.91 Å². The monoisotopic (exact) mass is 311 g/mol. The summed E-state index contributed by atoms with van der Waals surface area (Å²) in [5.41, 5.74) is 2.09. The van der Waals surface area contributed by atoms with Crippen molar-refractivity contribution in [1.29, 1.82) is 0 Å². The largest absolute Gasteiger partial charge is 0.379 e. The van der Waals surface area contributed by atoms with Crippen LogP contribution in [0.25, 0.3) is 0 Å². The molecule has 1 aliphatic heterocycles. The lowest BCUT2D eigenvalue weighted by Crippen LogP contribution is -2.44. The number of carbonyl (C=O) groups is 1. The fourth-order valence-electron chi connectivity index (χ4n) is 2.73. The van der Waals surface area contributed by atoms with Crippen molar-refractivity contribution in [2.45, 2.75) is 6.04 Å². The molecule has 1 aliphatic rings. The van der Waals surface area contributed by atoms with E-state index in [0.717, 1.165) is 24.2 Å². The fourth-order valence-corrected chi connectivity index (χ4v) is 2.73. The van der Waals surface area contributed by atoms with Crippen molar-refractivity contribution < 1.29 is 9.53 Å². The Balaban J connectivity index is 1.72. The molecule has 0 saturated carbocycles. The van der Waals surface area contributed by atoms with Crippen molar-refractivity contribution in [1.82, 2.24) is 15.2 Å². The number of carbonyl (C=O) groups excluding carboxylic acids is 1. The highest BCUT2D eigenvalue weighted by atomic mass is 16.5. The van der Waals surface area contributed by atoms with Crippen LogP contribution in [0.4, 0.5) is 0 Å². The molecule has 5 heteroatoms. The number of nitrogens with zero attached hydrogens (tertiary/aromatic N) is 2. The molecule has 1 fully saturated rings. The van der Waals surface area contributed by atoms with Gasteiger partial charge in [-0.25, -0.2) is 0 Å². The van der Waals surface area contributed by atoms with Gasteiger partial charge in [-0.1, -0.05) is 30.3 Å². The second-order valence-corrected chi connectivity index (χ2v) is 5.58. The summed E-state index contributed by atoms with van der Waals surface area (Å²) < 4.78 is 5.32. The van der Waals surface area contributed by atoms with Crippen molar-refractivity contribution in [3.63, 3.8) is 0 Å². The van der Waals surface area contributed by atoms with Crippen molar-refractivity contribution in [2.75, 3.05) is 32.8 Å². The molecule has 1 saturated heterocycles. The van der Waals surface area contributed by atoms with Crippen LogP contribution in [0.3, 0.4) is 0 Å². The third kappa shape index (κ3) is 4.37. The van der Waals surface area contributed by atoms with E-state index in [-0.39, 0.29) is 11.9 Å². The minimum atomic E-state index is -0.159. The van der Waals surface area contributed by atoms with E-state index in [4.69, 9.17) is 4.74 Å². The Kier molecular flexibility index (Phi) is 5.34. The van der Waals surface area contributed by atoms with Crippen molar-refractivity contribution in [2.24, 2.45) is 0 Å². The zero-order valence-electron chi connectivity index (χ0n) is 13.0. The van der Waals surface area contributed by atoms with Gasteiger partial charge in [0.1, 0.15) is 0 Å². The van der Waals surface area contributed by atoms with E-state index in [2.05, 4.69) is 15.2 Å². The molecule has 3 rings (SSSR count). The summed E-state index contributed by atoms with van der Waals surface area (Å²) in [7, 11) is 0. The minimum absolute atomic E-state index is 0.0255. The predicted molar refractivity (Wildman–Crippen MR) is 87.9 cm³/mol. The van der Waals surface area contributed by atoms with Gasteiger partial charge in [-0.2, -0.15) is 0 Å². The maximum atomic E-state index is 12.5. The Morgan fingerprint density at radius 1 is 1.09 bits per heavy atom. The summed E-state index contributed by atoms with van der Waals surface area (Å²) in [5, 5.41) is 3.15. The Morgan fingerprint density at radius 2 is 1.74 bits per heavy atom. The lowest BCUT2D eigenvalue weighted by atomic mass is 9.99. The molecular weight excluding hydrogens is 290 g/mol. The molecule has 0 aliphatic carbocycles. The maximum absolute atomic E-state index is 12.5. The molecule has 120 valence electrons. The highest BCUT2D eigenvalue weighted by molar-refractivity contribution is 5.79. The van der Waals surface area contributed by atoms with Gasteiger partial charge in [-0.05, 0) is 23.3 Å². The topological polar surface area (TPSA) is 54.5 Å². The first-order valence-corrected chi connectivity index (χ1v) is 7.87. The van der Waals surface area contributed by atoms with Gasteiger partial charge in [0.05, 0.1) is 25.8 Å². The summed E-state index contributed by atoms with van der Waals surface area (Å²) in [5.74, 6) is 0.0255. The van der Waals surface area contributed by atoms with Crippen LogP contribution < -0.4 is 5.32 Å². The highest BCUT2D eigenvalue weighted by Crippen LogP contribution is 2.21. The lowest BCUT2D eigenvalue weighted by Gasteiger charge is -2.27. The Labute approximate surface area is 136 Å². The van der Waals surface area contributed by atoms with Crippen LogP contribution >= 0.6 is 0 Å². The van der Waals surface area contributed by atoms with Crippen LogP contribution in [0.5, 0.6) is 0 Å². The summed E-state index contributed by atoms with van der Waals surface area (Å²) in [4.78, 5) is 18.6. The van der Waals surface area contributed by atoms with Crippen LogP contribution in [0.2, 0.25) is 0 Å². The predicted octanol–water partition coefficient (Wildman–Crippen LogP) is 1.62. The van der Waals surface area contributed by atoms with E-state index >= 15 is 0 Å². The van der Waals surface area contributed by atoms with Crippen LogP contribution in [0, 0.1) is 0 Å². The molecule has 1 N–H and O–H groups in total. The molecule has 0 spiro atoms. The van der Waals surface area contributed by atoms with E-state index in [0.29, 0.717) is 19.8 Å². The molecule has 2 aromatic rings. The summed E-state index contributed by atoms with van der Waals surface area (Å²) in [6.45, 7) is 3.40. The number of ether oxygens (including phenoxy) is 1. The van der Waals surface area contributed by atoms with Gasteiger partial charge in [0.15, 0.2) is 0 Å². The third-order valence-corrected chi connectivity index (χ3v) is 3.95. The van der Waals surface area contributed by atoms with E-state index in [1.165, 1.54) is 0 Å². The Hall–Kier alpha value is -2.24. The molecule has 2 heterocycles. The number of hydrogen-bond acceptors (Lipinski definition) is 4. The second kappa shape index (κ2) is 7.85. The molecule has 1 unspecified atom stereocenters. The number of nitrogens with one attached hydrogen (secondary N) is 1. The van der Waals surface area contributed by atoms with Gasteiger partial charge in [-0.3, -0.25) is 14.7 Å². The first kappa shape index (κ1) is 15.6. The minimum Gasteiger partial charge on any atom is -0.379 e. The SMILES string of the molecule is O=C(CN1CCOCC1)NC(c1ccccc1)c1ccncc1. The molecule has 0 bridgehead atoms. The van der Waals surface area contributed by atoms with Gasteiger partial charge >= 0.3 is 0 Å². The van der Waals surface area contributed by atoms with E-state index in [1.54, 1.807) is 12.4 Å². The zero-order chi connectivity index (χ0) is 15.9. The van der Waals surface area contributed by atoms with E-state index in [9.17, 15) is 4.79 Å². The van der Waals surface area contributed by atoms with Crippen LogP contribution in [0.15, 0.2) is 54.9 Å². The maximum Gasteiger partial charge on any atom is 0.234 e.